The Balaban J connectivity index is 2.63. The Labute approximate surface area is 123 Å². The van der Waals surface area contributed by atoms with Gasteiger partial charge in [0.2, 0.25) is 5.95 Å². The maximum Gasteiger partial charge on any atom is 0.573 e. The zero-order valence-electron chi connectivity index (χ0n) is 11.3. The summed E-state index contributed by atoms with van der Waals surface area (Å²) in [5.74, 6) is -0.771. The van der Waals surface area contributed by atoms with E-state index in [1.165, 1.54) is 6.07 Å². The van der Waals surface area contributed by atoms with Crippen LogP contribution in [0.4, 0.5) is 24.9 Å². The molecule has 0 saturated heterocycles. The van der Waals surface area contributed by atoms with Crippen LogP contribution in [0, 0.1) is 18.3 Å². The summed E-state index contributed by atoms with van der Waals surface area (Å²) >= 11 is 0. The molecule has 6 nitrogen and oxygen atoms in total. The maximum atomic E-state index is 12.3. The highest BCUT2D eigenvalue weighted by atomic mass is 19.4. The lowest BCUT2D eigenvalue weighted by Gasteiger charge is -2.13. The highest BCUT2D eigenvalue weighted by molar-refractivity contribution is 5.76. The molecule has 0 aliphatic carbocycles. The summed E-state index contributed by atoms with van der Waals surface area (Å²) < 4.78 is 40.8. The van der Waals surface area contributed by atoms with Crippen molar-refractivity contribution in [2.24, 2.45) is 0 Å². The molecule has 4 N–H and O–H groups in total. The van der Waals surface area contributed by atoms with Gasteiger partial charge in [-0.25, -0.2) is 4.98 Å². The van der Waals surface area contributed by atoms with Gasteiger partial charge in [-0.05, 0) is 24.6 Å². The van der Waals surface area contributed by atoms with Crippen molar-refractivity contribution in [2.75, 3.05) is 11.5 Å². The summed E-state index contributed by atoms with van der Waals surface area (Å²) in [4.78, 5) is 7.55. The fraction of sp³-hybridized carbons (Fsp3) is 0.154. The second kappa shape index (κ2) is 5.40. The Morgan fingerprint density at radius 3 is 2.50 bits per heavy atom. The highest BCUT2D eigenvalue weighted by Gasteiger charge is 2.31. The third-order valence-corrected chi connectivity index (χ3v) is 2.76. The van der Waals surface area contributed by atoms with Crippen LogP contribution in [-0.2, 0) is 0 Å². The van der Waals surface area contributed by atoms with Crippen LogP contribution in [-0.4, -0.2) is 16.3 Å². The molecule has 0 aliphatic heterocycles. The lowest BCUT2D eigenvalue weighted by molar-refractivity contribution is -0.274. The van der Waals surface area contributed by atoms with Crippen molar-refractivity contribution >= 4 is 11.8 Å². The Hall–Kier alpha value is -3.02. The lowest BCUT2D eigenvalue weighted by Crippen LogP contribution is -2.17. The van der Waals surface area contributed by atoms with Gasteiger partial charge in [0.15, 0.2) is 0 Å². The van der Waals surface area contributed by atoms with Gasteiger partial charge in [0.1, 0.15) is 23.2 Å². The molecule has 0 spiro atoms. The first-order chi connectivity index (χ1) is 10.2. The second-order valence-corrected chi connectivity index (χ2v) is 4.33. The lowest BCUT2D eigenvalue weighted by atomic mass is 10.0. The fourth-order valence-corrected chi connectivity index (χ4v) is 1.85. The van der Waals surface area contributed by atoms with Gasteiger partial charge < -0.3 is 16.2 Å². The summed E-state index contributed by atoms with van der Waals surface area (Å²) in [6.45, 7) is 1.64. The number of ether oxygens (including phenoxy) is 1. The van der Waals surface area contributed by atoms with Crippen LogP contribution >= 0.6 is 0 Å². The van der Waals surface area contributed by atoms with Crippen molar-refractivity contribution < 1.29 is 17.9 Å². The number of rotatable bonds is 2. The number of nitrogen functional groups attached to an aromatic ring is 2. The molecular formula is C13H10F3N5O. The SMILES string of the molecule is Cc1ccc(OC(F)(F)F)cc1-c1nc(N)nc(N)c1C#N. The van der Waals surface area contributed by atoms with E-state index in [9.17, 15) is 13.2 Å². The van der Waals surface area contributed by atoms with Gasteiger partial charge in [0.05, 0.1) is 5.69 Å². The van der Waals surface area contributed by atoms with Crippen molar-refractivity contribution in [3.63, 3.8) is 0 Å². The van der Waals surface area contributed by atoms with Crippen LogP contribution in [0.15, 0.2) is 18.2 Å². The molecule has 2 rings (SSSR count). The molecule has 0 amide bonds. The summed E-state index contributed by atoms with van der Waals surface area (Å²) in [5, 5.41) is 9.14. The summed E-state index contributed by atoms with van der Waals surface area (Å²) in [6.07, 6.45) is -4.83. The minimum absolute atomic E-state index is 0.0534. The normalized spacial score (nSPS) is 11.0. The first kappa shape index (κ1) is 15.4. The van der Waals surface area contributed by atoms with Crippen molar-refractivity contribution in [3.8, 4) is 23.1 Å². The molecule has 0 radical (unpaired) electrons. The van der Waals surface area contributed by atoms with E-state index in [-0.39, 0.29) is 28.6 Å². The number of alkyl halides is 3. The largest absolute Gasteiger partial charge is 0.573 e. The molecule has 1 aromatic heterocycles. The number of aromatic nitrogens is 2. The molecule has 0 aliphatic rings. The van der Waals surface area contributed by atoms with Gasteiger partial charge in [-0.2, -0.15) is 10.2 Å². The first-order valence-electron chi connectivity index (χ1n) is 5.91. The minimum Gasteiger partial charge on any atom is -0.406 e. The topological polar surface area (TPSA) is 111 Å². The monoisotopic (exact) mass is 309 g/mol. The molecule has 1 aromatic carbocycles. The second-order valence-electron chi connectivity index (χ2n) is 4.33. The predicted molar refractivity (Wildman–Crippen MR) is 72.4 cm³/mol. The van der Waals surface area contributed by atoms with Gasteiger partial charge in [-0.15, -0.1) is 13.2 Å². The Bertz CT molecular complexity index is 767. The van der Waals surface area contributed by atoms with Crippen LogP contribution in [0.25, 0.3) is 11.3 Å². The number of nitriles is 1. The molecule has 0 fully saturated rings. The molecule has 0 saturated carbocycles. The van der Waals surface area contributed by atoms with Gasteiger partial charge >= 0.3 is 6.36 Å². The average Bonchev–Trinajstić information content (AvgIpc) is 2.38. The number of nitrogens with zero attached hydrogens (tertiary/aromatic N) is 3. The number of nitrogens with two attached hydrogens (primary N) is 2. The van der Waals surface area contributed by atoms with E-state index in [1.54, 1.807) is 6.92 Å². The van der Waals surface area contributed by atoms with Gasteiger partial charge in [0.25, 0.3) is 0 Å². The predicted octanol–water partition coefficient (Wildman–Crippen LogP) is 2.39. The molecule has 9 heteroatoms. The third kappa shape index (κ3) is 3.17. The molecule has 2 aromatic rings. The summed E-state index contributed by atoms with van der Waals surface area (Å²) in [7, 11) is 0. The van der Waals surface area contributed by atoms with E-state index in [2.05, 4.69) is 14.7 Å². The smallest absolute Gasteiger partial charge is 0.406 e. The quantitative estimate of drug-likeness (QED) is 0.881. The van der Waals surface area contributed by atoms with Gasteiger partial charge in [0, 0.05) is 5.56 Å². The van der Waals surface area contributed by atoms with Crippen LogP contribution < -0.4 is 16.2 Å². The molecule has 0 bridgehead atoms. The average molecular weight is 309 g/mol. The van der Waals surface area contributed by atoms with Crippen molar-refractivity contribution in [2.45, 2.75) is 13.3 Å². The molecule has 0 unspecified atom stereocenters. The zero-order valence-corrected chi connectivity index (χ0v) is 11.3. The third-order valence-electron chi connectivity index (χ3n) is 2.76. The van der Waals surface area contributed by atoms with E-state index in [1.807, 2.05) is 6.07 Å². The van der Waals surface area contributed by atoms with E-state index < -0.39 is 12.1 Å². The molecular weight excluding hydrogens is 299 g/mol. The number of benzene rings is 1. The van der Waals surface area contributed by atoms with Crippen molar-refractivity contribution in [1.82, 2.24) is 9.97 Å². The molecule has 1 heterocycles. The van der Waals surface area contributed by atoms with Crippen LogP contribution in [0.3, 0.4) is 0 Å². The zero-order chi connectivity index (χ0) is 16.5. The maximum absolute atomic E-state index is 12.3. The summed E-state index contributed by atoms with van der Waals surface area (Å²) in [5.41, 5.74) is 11.9. The highest BCUT2D eigenvalue weighted by Crippen LogP contribution is 2.32. The first-order valence-corrected chi connectivity index (χ1v) is 5.91. The van der Waals surface area contributed by atoms with E-state index in [4.69, 9.17) is 16.7 Å². The fourth-order valence-electron chi connectivity index (χ4n) is 1.85. The minimum atomic E-state index is -4.83. The van der Waals surface area contributed by atoms with E-state index in [0.29, 0.717) is 5.56 Å². The van der Waals surface area contributed by atoms with Crippen LogP contribution in [0.5, 0.6) is 5.75 Å². The van der Waals surface area contributed by atoms with E-state index >= 15 is 0 Å². The Morgan fingerprint density at radius 2 is 1.91 bits per heavy atom. The van der Waals surface area contributed by atoms with Gasteiger partial charge in [-0.3, -0.25) is 0 Å². The van der Waals surface area contributed by atoms with Crippen LogP contribution in [0.1, 0.15) is 11.1 Å². The van der Waals surface area contributed by atoms with Gasteiger partial charge in [-0.1, -0.05) is 6.07 Å². The van der Waals surface area contributed by atoms with E-state index in [0.717, 1.165) is 12.1 Å². The Kier molecular flexibility index (Phi) is 3.77. The van der Waals surface area contributed by atoms with Crippen molar-refractivity contribution in [1.29, 1.82) is 5.26 Å². The van der Waals surface area contributed by atoms with Crippen LogP contribution in [0.2, 0.25) is 0 Å². The molecule has 0 atom stereocenters. The summed E-state index contributed by atoms with van der Waals surface area (Å²) in [6, 6.07) is 5.50. The number of anilines is 2. The van der Waals surface area contributed by atoms with Crippen molar-refractivity contribution in [3.05, 3.63) is 29.3 Å². The standard InChI is InChI=1S/C13H10F3N5O/c1-6-2-3-7(22-13(14,15)16)4-8(6)10-9(5-17)11(18)21-12(19)20-10/h2-4H,1H3,(H4,18,19,20,21). The number of aryl methyl sites for hydroxylation is 1. The number of hydrogen-bond donors (Lipinski definition) is 2. The molecule has 114 valence electrons. The number of halogens is 3. The number of hydrogen-bond acceptors (Lipinski definition) is 6. The Morgan fingerprint density at radius 1 is 1.23 bits per heavy atom. The molecule has 22 heavy (non-hydrogen) atoms.